The van der Waals surface area contributed by atoms with Crippen molar-refractivity contribution in [1.82, 2.24) is 4.90 Å². The van der Waals surface area contributed by atoms with E-state index in [0.29, 0.717) is 24.9 Å². The number of amides is 1. The van der Waals surface area contributed by atoms with Crippen LogP contribution in [-0.2, 0) is 25.5 Å². The largest absolute Gasteiger partial charge is 0.548 e. The normalized spacial score (nSPS) is 16.9. The van der Waals surface area contributed by atoms with Crippen LogP contribution in [0.25, 0.3) is 0 Å². The minimum absolute atomic E-state index is 0.0664. The van der Waals surface area contributed by atoms with E-state index in [1.807, 2.05) is 0 Å². The number of hydrogen-bond acceptors (Lipinski definition) is 6. The highest BCUT2D eigenvalue weighted by molar-refractivity contribution is 8.14. The predicted octanol–water partition coefficient (Wildman–Crippen LogP) is 1.13. The van der Waals surface area contributed by atoms with Crippen molar-refractivity contribution < 1.29 is 23.7 Å². The van der Waals surface area contributed by atoms with Gasteiger partial charge in [0.25, 0.3) is 0 Å². The average Bonchev–Trinajstić information content (AvgIpc) is 3.05. The van der Waals surface area contributed by atoms with Gasteiger partial charge in [-0.3, -0.25) is 9.59 Å². The van der Waals surface area contributed by atoms with E-state index in [2.05, 4.69) is 0 Å². The van der Waals surface area contributed by atoms with E-state index in [-0.39, 0.29) is 44.8 Å². The fraction of sp³-hybridized carbons (Fsp3) is 0.400. The Hall–Kier alpha value is -1.51. The van der Waals surface area contributed by atoms with Crippen LogP contribution in [0.4, 0.5) is 0 Å². The smallest absolute Gasteiger partial charge is 0.506 e. The lowest BCUT2D eigenvalue weighted by atomic mass is 10.2. The first kappa shape index (κ1) is 18.8. The van der Waals surface area contributed by atoms with Crippen molar-refractivity contribution in [2.45, 2.75) is 30.2 Å². The van der Waals surface area contributed by atoms with Crippen LogP contribution in [0.2, 0.25) is 5.02 Å². The molecule has 24 heavy (non-hydrogen) atoms. The van der Waals surface area contributed by atoms with Gasteiger partial charge >= 0.3 is 16.6 Å². The third-order valence-electron chi connectivity index (χ3n) is 3.65. The SMILES string of the molecule is O=[S+]c1cc(C(=O)SCCC(=O)N2CCC[C@H]2C(=O)[O-])ccc1Cl. The van der Waals surface area contributed by atoms with Crippen molar-refractivity contribution in [1.29, 1.82) is 0 Å². The minimum atomic E-state index is -1.24. The lowest BCUT2D eigenvalue weighted by Gasteiger charge is -2.25. The van der Waals surface area contributed by atoms with Crippen molar-refractivity contribution in [3.8, 4) is 0 Å². The van der Waals surface area contributed by atoms with Crippen molar-refractivity contribution in [3.63, 3.8) is 0 Å². The molecule has 1 saturated heterocycles. The summed E-state index contributed by atoms with van der Waals surface area (Å²) in [6.07, 6.45) is 1.11. The van der Waals surface area contributed by atoms with E-state index in [9.17, 15) is 23.7 Å². The van der Waals surface area contributed by atoms with E-state index in [1.54, 1.807) is 0 Å². The summed E-state index contributed by atoms with van der Waals surface area (Å²) in [5.74, 6) is -1.31. The topological polar surface area (TPSA) is 94.6 Å². The Kier molecular flexibility index (Phi) is 6.70. The molecule has 1 aliphatic heterocycles. The number of hydrogen-bond donors (Lipinski definition) is 0. The number of halogens is 1. The lowest BCUT2D eigenvalue weighted by molar-refractivity contribution is -0.310. The molecule has 1 aromatic carbocycles. The van der Waals surface area contributed by atoms with Crippen LogP contribution >= 0.6 is 23.4 Å². The highest BCUT2D eigenvalue weighted by Crippen LogP contribution is 2.22. The molecule has 1 atom stereocenters. The number of benzene rings is 1. The Labute approximate surface area is 152 Å². The zero-order valence-corrected chi connectivity index (χ0v) is 14.9. The Morgan fingerprint density at radius 2 is 2.12 bits per heavy atom. The van der Waals surface area contributed by atoms with Gasteiger partial charge in [0.05, 0.1) is 12.0 Å². The van der Waals surface area contributed by atoms with E-state index in [0.717, 1.165) is 11.8 Å². The van der Waals surface area contributed by atoms with Crippen molar-refractivity contribution >= 4 is 52.0 Å². The number of carbonyl (C=O) groups excluding carboxylic acids is 3. The summed E-state index contributed by atoms with van der Waals surface area (Å²) in [7, 11) is 0. The maximum atomic E-state index is 12.1. The van der Waals surface area contributed by atoms with Gasteiger partial charge in [-0.15, -0.1) is 0 Å². The molecule has 0 bridgehead atoms. The highest BCUT2D eigenvalue weighted by atomic mass is 35.5. The first-order valence-electron chi connectivity index (χ1n) is 7.21. The first-order valence-corrected chi connectivity index (χ1v) is 9.31. The molecule has 0 N–H and O–H groups in total. The van der Waals surface area contributed by atoms with Crippen LogP contribution in [-0.4, -0.2) is 40.2 Å². The molecule has 0 aromatic heterocycles. The van der Waals surface area contributed by atoms with Crippen LogP contribution < -0.4 is 5.11 Å². The molecule has 0 aliphatic carbocycles. The quantitative estimate of drug-likeness (QED) is 0.679. The molecule has 1 fully saturated rings. The molecule has 2 rings (SSSR count). The monoisotopic (exact) mass is 387 g/mol. The number of thioether (sulfide) groups is 1. The maximum Gasteiger partial charge on any atom is 0.506 e. The minimum Gasteiger partial charge on any atom is -0.548 e. The third-order valence-corrected chi connectivity index (χ3v) is 5.52. The van der Waals surface area contributed by atoms with Crippen LogP contribution in [0.5, 0.6) is 0 Å². The number of rotatable bonds is 6. The molecule has 0 unspecified atom stereocenters. The second-order valence-corrected chi connectivity index (χ2v) is 7.26. The number of nitrogens with zero attached hydrogens (tertiary/aromatic N) is 1. The molecule has 1 amide bonds. The zero-order valence-electron chi connectivity index (χ0n) is 12.5. The van der Waals surface area contributed by atoms with Gasteiger partial charge in [-0.1, -0.05) is 23.4 Å². The summed E-state index contributed by atoms with van der Waals surface area (Å²) in [5.41, 5.74) is 0.337. The lowest BCUT2D eigenvalue weighted by Crippen LogP contribution is -2.47. The van der Waals surface area contributed by atoms with E-state index < -0.39 is 12.0 Å². The third kappa shape index (κ3) is 4.52. The van der Waals surface area contributed by atoms with Crippen LogP contribution in [0.15, 0.2) is 23.1 Å². The van der Waals surface area contributed by atoms with Gasteiger partial charge in [0.1, 0.15) is 5.02 Å². The van der Waals surface area contributed by atoms with Gasteiger partial charge < -0.3 is 14.8 Å². The molecule has 6 nitrogen and oxygen atoms in total. The van der Waals surface area contributed by atoms with Gasteiger partial charge in [-0.2, -0.15) is 0 Å². The van der Waals surface area contributed by atoms with Crippen molar-refractivity contribution in [2.24, 2.45) is 0 Å². The molecule has 0 radical (unpaired) electrons. The second kappa shape index (κ2) is 8.55. The molecule has 0 saturated carbocycles. The van der Waals surface area contributed by atoms with Crippen molar-refractivity contribution in [3.05, 3.63) is 28.8 Å². The fourth-order valence-electron chi connectivity index (χ4n) is 2.46. The fourth-order valence-corrected chi connectivity index (χ4v) is 3.75. The van der Waals surface area contributed by atoms with Crippen LogP contribution in [0, 0.1) is 0 Å². The Morgan fingerprint density at radius 1 is 1.38 bits per heavy atom. The van der Waals surface area contributed by atoms with Gasteiger partial charge in [0, 0.05) is 34.6 Å². The number of carboxylic acid groups (broad SMARTS) is 1. The van der Waals surface area contributed by atoms with Gasteiger partial charge in [0.15, 0.2) is 0 Å². The Balaban J connectivity index is 1.87. The Morgan fingerprint density at radius 3 is 2.79 bits per heavy atom. The van der Waals surface area contributed by atoms with Gasteiger partial charge in [-0.25, -0.2) is 0 Å². The summed E-state index contributed by atoms with van der Waals surface area (Å²) >= 11 is 6.97. The van der Waals surface area contributed by atoms with E-state index in [4.69, 9.17) is 11.6 Å². The summed E-state index contributed by atoms with van der Waals surface area (Å²) in [6, 6.07) is 3.55. The van der Waals surface area contributed by atoms with E-state index in [1.165, 1.54) is 23.1 Å². The van der Waals surface area contributed by atoms with E-state index >= 15 is 0 Å². The van der Waals surface area contributed by atoms with Crippen molar-refractivity contribution in [2.75, 3.05) is 12.3 Å². The number of likely N-dealkylation sites (tertiary alicyclic amines) is 1. The maximum absolute atomic E-state index is 12.1. The molecular formula is C15H14ClNO5S2. The summed E-state index contributed by atoms with van der Waals surface area (Å²) in [4.78, 5) is 36.7. The predicted molar refractivity (Wildman–Crippen MR) is 88.9 cm³/mol. The standard InChI is InChI=1S/C15H14ClNO5S2/c16-10-4-3-9(8-12(10)24-22)15(21)23-7-5-13(18)17-6-1-2-11(17)14(19)20/h3-4,8,11H,1-2,5-7H2/t11-/m0/s1. The number of carboxylic acids is 1. The summed E-state index contributed by atoms with van der Waals surface area (Å²) in [5, 5.41) is 11.0. The second-order valence-electron chi connectivity index (χ2n) is 5.18. The average molecular weight is 388 g/mol. The Bertz CT molecular complexity index is 682. The first-order chi connectivity index (χ1) is 11.4. The number of carbonyl (C=O) groups is 3. The highest BCUT2D eigenvalue weighted by Gasteiger charge is 2.29. The summed E-state index contributed by atoms with van der Waals surface area (Å²) < 4.78 is 10.9. The molecule has 9 heteroatoms. The van der Waals surface area contributed by atoms with Gasteiger partial charge in [0.2, 0.25) is 11.0 Å². The number of aliphatic carboxylic acids is 1. The van der Waals surface area contributed by atoms with Gasteiger partial charge in [-0.05, 0) is 25.0 Å². The summed E-state index contributed by atoms with van der Waals surface area (Å²) in [6.45, 7) is 0.400. The molecule has 1 aliphatic rings. The van der Waals surface area contributed by atoms with Crippen LogP contribution in [0.1, 0.15) is 29.6 Å². The molecule has 0 spiro atoms. The molecule has 128 valence electrons. The molecular weight excluding hydrogens is 374 g/mol. The molecule has 1 heterocycles. The van der Waals surface area contributed by atoms with Crippen LogP contribution in [0.3, 0.4) is 0 Å². The zero-order chi connectivity index (χ0) is 17.7. The molecule has 1 aromatic rings.